The fraction of sp³-hybridized carbons (Fsp3) is 0.818. The summed E-state index contributed by atoms with van der Waals surface area (Å²) in [6.07, 6.45) is 6.00. The van der Waals surface area contributed by atoms with Crippen LogP contribution in [-0.2, 0) is 15.5 Å². The van der Waals surface area contributed by atoms with Gasteiger partial charge in [0.1, 0.15) is 0 Å². The van der Waals surface area contributed by atoms with Crippen LogP contribution >= 0.6 is 0 Å². The first kappa shape index (κ1) is 14.5. The Morgan fingerprint density at radius 3 is 2.71 bits per heavy atom. The van der Waals surface area contributed by atoms with Gasteiger partial charge in [-0.05, 0) is 18.8 Å². The van der Waals surface area contributed by atoms with E-state index in [-0.39, 0.29) is 0 Å². The molecule has 1 rings (SSSR count). The predicted octanol–water partition coefficient (Wildman–Crippen LogP) is 1.62. The molecule has 1 atom stereocenters. The number of hydrogen-bond acceptors (Lipinski definition) is 4. The minimum atomic E-state index is -2.12. The molecule has 1 unspecified atom stereocenters. The molecular formula is C11H22N2O3S. The highest BCUT2D eigenvalue weighted by Crippen LogP contribution is 2.10. The summed E-state index contributed by atoms with van der Waals surface area (Å²) in [7, 11) is 0. The van der Waals surface area contributed by atoms with Gasteiger partial charge in [-0.25, -0.2) is 0 Å². The lowest BCUT2D eigenvalue weighted by Gasteiger charge is -2.22. The molecule has 1 N–H and O–H groups in total. The average Bonchev–Trinajstić information content (AvgIpc) is 2.63. The summed E-state index contributed by atoms with van der Waals surface area (Å²) in [6.45, 7) is 7.76. The Morgan fingerprint density at radius 1 is 1.35 bits per heavy atom. The fourth-order valence-corrected chi connectivity index (χ4v) is 2.06. The molecule has 1 aliphatic rings. The summed E-state index contributed by atoms with van der Waals surface area (Å²) in [5, 5.41) is 0. The second-order valence-corrected chi connectivity index (χ2v) is 5.33. The van der Waals surface area contributed by atoms with Gasteiger partial charge in [0.05, 0.1) is 13.3 Å². The monoisotopic (exact) mass is 262 g/mol. The van der Waals surface area contributed by atoms with E-state index >= 15 is 0 Å². The third-order valence-electron chi connectivity index (χ3n) is 2.48. The van der Waals surface area contributed by atoms with Crippen LogP contribution < -0.4 is 0 Å². The summed E-state index contributed by atoms with van der Waals surface area (Å²) >= 11 is -2.12. The van der Waals surface area contributed by atoms with E-state index in [0.29, 0.717) is 12.5 Å². The minimum Gasteiger partial charge on any atom is -0.359 e. The van der Waals surface area contributed by atoms with Crippen molar-refractivity contribution >= 4 is 11.4 Å². The number of rotatable bonds is 8. The van der Waals surface area contributed by atoms with Gasteiger partial charge in [0.25, 0.3) is 0 Å². The van der Waals surface area contributed by atoms with Gasteiger partial charge in [0.15, 0.2) is 0 Å². The highest BCUT2D eigenvalue weighted by molar-refractivity contribution is 7.74. The number of nitrogens with zero attached hydrogens (tertiary/aromatic N) is 2. The zero-order chi connectivity index (χ0) is 12.7. The van der Waals surface area contributed by atoms with Crippen molar-refractivity contribution in [3.8, 4) is 0 Å². The van der Waals surface area contributed by atoms with Gasteiger partial charge in [-0.1, -0.05) is 13.8 Å². The van der Waals surface area contributed by atoms with Crippen molar-refractivity contribution in [3.05, 3.63) is 12.4 Å². The van der Waals surface area contributed by atoms with Crippen LogP contribution in [0.5, 0.6) is 0 Å². The van der Waals surface area contributed by atoms with Crippen LogP contribution in [0.15, 0.2) is 12.4 Å². The normalized spacial score (nSPS) is 17.2. The summed E-state index contributed by atoms with van der Waals surface area (Å²) in [6, 6.07) is 0. The number of hydrogen-bond donors (Lipinski definition) is 1. The molecule has 0 aromatic heterocycles. The van der Waals surface area contributed by atoms with Crippen LogP contribution in [0.2, 0.25) is 0 Å². The van der Waals surface area contributed by atoms with E-state index in [9.17, 15) is 4.21 Å². The largest absolute Gasteiger partial charge is 0.359 e. The topological polar surface area (TPSA) is 53.0 Å². The maximum atomic E-state index is 10.2. The minimum absolute atomic E-state index is 0.344. The quantitative estimate of drug-likeness (QED) is 0.532. The third kappa shape index (κ3) is 6.65. The summed E-state index contributed by atoms with van der Waals surface area (Å²) in [4.78, 5) is 4.54. The second kappa shape index (κ2) is 7.68. The van der Waals surface area contributed by atoms with Gasteiger partial charge in [0, 0.05) is 25.5 Å². The van der Waals surface area contributed by atoms with Gasteiger partial charge in [0.2, 0.25) is 0 Å². The van der Waals surface area contributed by atoms with Crippen LogP contribution in [0.1, 0.15) is 26.7 Å². The van der Waals surface area contributed by atoms with Crippen molar-refractivity contribution in [1.29, 1.82) is 0 Å². The predicted molar refractivity (Wildman–Crippen MR) is 68.2 cm³/mol. The van der Waals surface area contributed by atoms with Crippen molar-refractivity contribution < 1.29 is 12.9 Å². The molecule has 0 bridgehead atoms. The smallest absolute Gasteiger partial charge is 0.301 e. The van der Waals surface area contributed by atoms with Crippen molar-refractivity contribution in [1.82, 2.24) is 9.80 Å². The molecule has 0 aromatic rings. The molecule has 0 saturated heterocycles. The van der Waals surface area contributed by atoms with Gasteiger partial charge in [-0.15, -0.1) is 0 Å². The Hall–Kier alpha value is -0.590. The lowest BCUT2D eigenvalue weighted by Crippen LogP contribution is -2.28. The first-order valence-corrected chi connectivity index (χ1v) is 7.01. The first-order valence-electron chi connectivity index (χ1n) is 5.98. The second-order valence-electron chi connectivity index (χ2n) is 4.66. The molecule has 1 heterocycles. The molecule has 1 aliphatic heterocycles. The number of unbranched alkanes of at least 4 members (excludes halogenated alkanes) is 1. The molecule has 0 fully saturated rings. The highest BCUT2D eigenvalue weighted by atomic mass is 32.2. The molecule has 0 amide bonds. The molecule has 0 aromatic carbocycles. The van der Waals surface area contributed by atoms with Gasteiger partial charge >= 0.3 is 11.4 Å². The molecule has 0 spiro atoms. The maximum Gasteiger partial charge on any atom is 0.301 e. The van der Waals surface area contributed by atoms with E-state index in [4.69, 9.17) is 4.55 Å². The molecule has 6 heteroatoms. The van der Waals surface area contributed by atoms with Crippen molar-refractivity contribution in [2.75, 3.05) is 26.4 Å². The molecule has 0 saturated carbocycles. The standard InChI is InChI=1S/C11H22N2O3S/c1-11(2)9-13-7-6-12(10-13)5-3-4-8-16-17(14)15/h6-7,11H,3-5,8-10H2,1-2H3,(H,14,15). The van der Waals surface area contributed by atoms with Gasteiger partial charge in [-0.3, -0.25) is 8.74 Å². The average molecular weight is 262 g/mol. The van der Waals surface area contributed by atoms with Crippen LogP contribution in [0.3, 0.4) is 0 Å². The zero-order valence-electron chi connectivity index (χ0n) is 10.5. The third-order valence-corrected chi connectivity index (χ3v) is 2.84. The van der Waals surface area contributed by atoms with Gasteiger partial charge in [-0.2, -0.15) is 4.21 Å². The zero-order valence-corrected chi connectivity index (χ0v) is 11.4. The van der Waals surface area contributed by atoms with Crippen LogP contribution in [0.25, 0.3) is 0 Å². The van der Waals surface area contributed by atoms with Crippen molar-refractivity contribution in [2.24, 2.45) is 5.92 Å². The summed E-state index contributed by atoms with van der Waals surface area (Å²) in [5.41, 5.74) is 0. The van der Waals surface area contributed by atoms with Crippen LogP contribution in [0, 0.1) is 5.92 Å². The lowest BCUT2D eigenvalue weighted by atomic mass is 10.2. The molecule has 100 valence electrons. The Balaban J connectivity index is 2.03. The molecule has 17 heavy (non-hydrogen) atoms. The summed E-state index contributed by atoms with van der Waals surface area (Å²) in [5.74, 6) is 0.674. The molecular weight excluding hydrogens is 240 g/mol. The summed E-state index contributed by atoms with van der Waals surface area (Å²) < 4.78 is 23.2. The highest BCUT2D eigenvalue weighted by Gasteiger charge is 2.12. The van der Waals surface area contributed by atoms with E-state index < -0.39 is 11.4 Å². The molecule has 5 nitrogen and oxygen atoms in total. The van der Waals surface area contributed by atoms with Crippen LogP contribution in [-0.4, -0.2) is 44.9 Å². The molecule has 0 radical (unpaired) electrons. The van der Waals surface area contributed by atoms with Crippen molar-refractivity contribution in [2.45, 2.75) is 26.7 Å². The van der Waals surface area contributed by atoms with E-state index in [0.717, 1.165) is 32.6 Å². The first-order chi connectivity index (χ1) is 8.08. The van der Waals surface area contributed by atoms with Crippen molar-refractivity contribution in [3.63, 3.8) is 0 Å². The molecule has 0 aliphatic carbocycles. The Morgan fingerprint density at radius 2 is 2.06 bits per heavy atom. The maximum absolute atomic E-state index is 10.2. The van der Waals surface area contributed by atoms with Crippen LogP contribution in [0.4, 0.5) is 0 Å². The lowest BCUT2D eigenvalue weighted by molar-refractivity contribution is 0.236. The Bertz CT molecular complexity index is 271. The Kier molecular flexibility index (Phi) is 6.54. The van der Waals surface area contributed by atoms with E-state index in [1.165, 1.54) is 0 Å². The van der Waals surface area contributed by atoms with E-state index in [1.807, 2.05) is 0 Å². The van der Waals surface area contributed by atoms with E-state index in [2.05, 4.69) is 40.2 Å². The Labute approximate surface area is 106 Å². The van der Waals surface area contributed by atoms with E-state index in [1.54, 1.807) is 0 Å². The van der Waals surface area contributed by atoms with Gasteiger partial charge < -0.3 is 9.80 Å². The fourth-order valence-electron chi connectivity index (χ4n) is 1.80. The SMILES string of the molecule is CC(C)CN1C=CN(CCCCOS(=O)O)C1.